The molecular weight excluding hydrogens is 180 g/mol. The Balaban J connectivity index is 2.72. The molecule has 0 aliphatic rings. The van der Waals surface area contributed by atoms with E-state index in [-0.39, 0.29) is 5.75 Å². The smallest absolute Gasteiger partial charge is 0.387 e. The van der Waals surface area contributed by atoms with Gasteiger partial charge in [-0.2, -0.15) is 8.78 Å². The SMILES string of the molecule is O=CNc1cccc(OC(F)F)c1. The van der Waals surface area contributed by atoms with Gasteiger partial charge >= 0.3 is 6.61 Å². The third-order valence-corrected chi connectivity index (χ3v) is 1.28. The first-order valence-electron chi connectivity index (χ1n) is 3.47. The Labute approximate surface area is 73.3 Å². The number of benzene rings is 1. The second-order valence-corrected chi connectivity index (χ2v) is 2.17. The average Bonchev–Trinajstić information content (AvgIpc) is 2.04. The first-order chi connectivity index (χ1) is 6.22. The average molecular weight is 187 g/mol. The van der Waals surface area contributed by atoms with Gasteiger partial charge in [-0.05, 0) is 12.1 Å². The first-order valence-corrected chi connectivity index (χ1v) is 3.47. The maximum absolute atomic E-state index is 11.7. The summed E-state index contributed by atoms with van der Waals surface area (Å²) >= 11 is 0. The molecule has 0 heterocycles. The summed E-state index contributed by atoms with van der Waals surface area (Å²) in [7, 11) is 0. The molecule has 1 rings (SSSR count). The van der Waals surface area contributed by atoms with Crippen LogP contribution in [0, 0.1) is 0 Å². The van der Waals surface area contributed by atoms with Crippen LogP contribution in [0.15, 0.2) is 24.3 Å². The molecule has 0 fully saturated rings. The van der Waals surface area contributed by atoms with Gasteiger partial charge in [-0.15, -0.1) is 0 Å². The van der Waals surface area contributed by atoms with Gasteiger partial charge in [0.2, 0.25) is 6.41 Å². The Morgan fingerprint density at radius 1 is 1.46 bits per heavy atom. The standard InChI is InChI=1S/C8H7F2NO2/c9-8(10)13-7-3-1-2-6(4-7)11-5-12/h1-5,8H,(H,11,12). The number of amides is 1. The minimum absolute atomic E-state index is 0.0156. The van der Waals surface area contributed by atoms with Crippen LogP contribution in [0.25, 0.3) is 0 Å². The van der Waals surface area contributed by atoms with E-state index in [1.54, 1.807) is 6.07 Å². The van der Waals surface area contributed by atoms with Crippen LogP contribution in [-0.4, -0.2) is 13.0 Å². The molecule has 1 amide bonds. The topological polar surface area (TPSA) is 38.3 Å². The molecule has 1 N–H and O–H groups in total. The number of hydrogen-bond donors (Lipinski definition) is 1. The van der Waals surface area contributed by atoms with Gasteiger partial charge in [-0.25, -0.2) is 0 Å². The number of anilines is 1. The fourth-order valence-electron chi connectivity index (χ4n) is 0.830. The summed E-state index contributed by atoms with van der Waals surface area (Å²) in [5, 5.41) is 2.32. The summed E-state index contributed by atoms with van der Waals surface area (Å²) in [4.78, 5) is 10.0. The van der Waals surface area contributed by atoms with Crippen LogP contribution in [0.4, 0.5) is 14.5 Å². The highest BCUT2D eigenvalue weighted by molar-refractivity contribution is 5.71. The Bertz CT molecular complexity index is 291. The fraction of sp³-hybridized carbons (Fsp3) is 0.125. The van der Waals surface area contributed by atoms with Crippen LogP contribution in [0.3, 0.4) is 0 Å². The quantitative estimate of drug-likeness (QED) is 0.730. The van der Waals surface area contributed by atoms with E-state index in [0.717, 1.165) is 0 Å². The van der Waals surface area contributed by atoms with E-state index >= 15 is 0 Å². The Morgan fingerprint density at radius 2 is 2.23 bits per heavy atom. The highest BCUT2D eigenvalue weighted by Crippen LogP contribution is 2.18. The molecule has 0 saturated carbocycles. The Hall–Kier alpha value is -1.65. The number of carbonyl (C=O) groups is 1. The molecule has 1 aromatic rings. The maximum atomic E-state index is 11.7. The first kappa shape index (κ1) is 9.44. The van der Waals surface area contributed by atoms with E-state index in [2.05, 4.69) is 10.1 Å². The highest BCUT2D eigenvalue weighted by atomic mass is 19.3. The van der Waals surface area contributed by atoms with E-state index in [9.17, 15) is 13.6 Å². The van der Waals surface area contributed by atoms with E-state index in [1.165, 1.54) is 18.2 Å². The Morgan fingerprint density at radius 3 is 2.85 bits per heavy atom. The summed E-state index contributed by atoms with van der Waals surface area (Å²) < 4.78 is 27.6. The molecule has 0 aliphatic carbocycles. The molecule has 3 nitrogen and oxygen atoms in total. The molecule has 13 heavy (non-hydrogen) atoms. The molecule has 1 aromatic carbocycles. The van der Waals surface area contributed by atoms with Gasteiger partial charge in [0, 0.05) is 11.8 Å². The second-order valence-electron chi connectivity index (χ2n) is 2.17. The second kappa shape index (κ2) is 4.39. The molecule has 5 heteroatoms. The number of hydrogen-bond acceptors (Lipinski definition) is 2. The van der Waals surface area contributed by atoms with Gasteiger partial charge in [-0.1, -0.05) is 6.07 Å². The number of ether oxygens (including phenoxy) is 1. The van der Waals surface area contributed by atoms with Crippen molar-refractivity contribution in [3.05, 3.63) is 24.3 Å². The van der Waals surface area contributed by atoms with Gasteiger partial charge in [-0.3, -0.25) is 4.79 Å². The molecule has 0 saturated heterocycles. The number of nitrogens with one attached hydrogen (secondary N) is 1. The lowest BCUT2D eigenvalue weighted by Crippen LogP contribution is -2.02. The molecule has 0 atom stereocenters. The minimum atomic E-state index is -2.86. The van der Waals surface area contributed by atoms with Crippen molar-refractivity contribution in [3.63, 3.8) is 0 Å². The van der Waals surface area contributed by atoms with Crippen molar-refractivity contribution in [2.24, 2.45) is 0 Å². The zero-order chi connectivity index (χ0) is 9.68. The molecule has 0 bridgehead atoms. The van der Waals surface area contributed by atoms with Gasteiger partial charge in [0.15, 0.2) is 0 Å². The van der Waals surface area contributed by atoms with Gasteiger partial charge < -0.3 is 10.1 Å². The maximum Gasteiger partial charge on any atom is 0.387 e. The molecule has 70 valence electrons. The van der Waals surface area contributed by atoms with Crippen molar-refractivity contribution in [2.75, 3.05) is 5.32 Å². The molecule has 0 unspecified atom stereocenters. The van der Waals surface area contributed by atoms with Crippen LogP contribution in [0.1, 0.15) is 0 Å². The molecule has 0 spiro atoms. The highest BCUT2D eigenvalue weighted by Gasteiger charge is 2.03. The molecule has 0 aliphatic heterocycles. The summed E-state index contributed by atoms with van der Waals surface area (Å²) in [6.07, 6.45) is 0.460. The summed E-state index contributed by atoms with van der Waals surface area (Å²) in [5.74, 6) is 0.0156. The van der Waals surface area contributed by atoms with Gasteiger partial charge in [0.05, 0.1) is 0 Å². The van der Waals surface area contributed by atoms with Gasteiger partial charge in [0.1, 0.15) is 5.75 Å². The number of rotatable bonds is 4. The van der Waals surface area contributed by atoms with Crippen LogP contribution >= 0.6 is 0 Å². The molecule has 0 radical (unpaired) electrons. The van der Waals surface area contributed by atoms with E-state index < -0.39 is 6.61 Å². The lowest BCUT2D eigenvalue weighted by molar-refractivity contribution is -0.105. The normalized spacial score (nSPS) is 9.77. The zero-order valence-electron chi connectivity index (χ0n) is 6.54. The molecule has 0 aromatic heterocycles. The van der Waals surface area contributed by atoms with Crippen molar-refractivity contribution < 1.29 is 18.3 Å². The van der Waals surface area contributed by atoms with E-state index in [0.29, 0.717) is 12.1 Å². The number of alkyl halides is 2. The minimum Gasteiger partial charge on any atom is -0.435 e. The molecular formula is C8H7F2NO2. The van der Waals surface area contributed by atoms with Crippen LogP contribution in [0.5, 0.6) is 5.75 Å². The van der Waals surface area contributed by atoms with Crippen molar-refractivity contribution in [3.8, 4) is 5.75 Å². The van der Waals surface area contributed by atoms with Crippen LogP contribution < -0.4 is 10.1 Å². The predicted octanol–water partition coefficient (Wildman–Crippen LogP) is 1.86. The fourth-order valence-corrected chi connectivity index (χ4v) is 0.830. The van der Waals surface area contributed by atoms with E-state index in [1.807, 2.05) is 0 Å². The third kappa shape index (κ3) is 3.06. The van der Waals surface area contributed by atoms with Crippen LogP contribution in [-0.2, 0) is 4.79 Å². The summed E-state index contributed by atoms with van der Waals surface area (Å²) in [6.45, 7) is -2.86. The summed E-state index contributed by atoms with van der Waals surface area (Å²) in [5.41, 5.74) is 0.410. The van der Waals surface area contributed by atoms with E-state index in [4.69, 9.17) is 0 Å². The number of halogens is 2. The van der Waals surface area contributed by atoms with Crippen molar-refractivity contribution in [1.29, 1.82) is 0 Å². The van der Waals surface area contributed by atoms with Gasteiger partial charge in [0.25, 0.3) is 0 Å². The van der Waals surface area contributed by atoms with Crippen molar-refractivity contribution in [2.45, 2.75) is 6.61 Å². The predicted molar refractivity (Wildman–Crippen MR) is 42.8 cm³/mol. The lowest BCUT2D eigenvalue weighted by Gasteiger charge is -2.05. The van der Waals surface area contributed by atoms with Crippen molar-refractivity contribution in [1.82, 2.24) is 0 Å². The van der Waals surface area contributed by atoms with Crippen molar-refractivity contribution >= 4 is 12.1 Å². The monoisotopic (exact) mass is 187 g/mol. The summed E-state index contributed by atoms with van der Waals surface area (Å²) in [6, 6.07) is 5.75. The lowest BCUT2D eigenvalue weighted by atomic mass is 10.3. The number of carbonyl (C=O) groups excluding carboxylic acids is 1. The van der Waals surface area contributed by atoms with Crippen LogP contribution in [0.2, 0.25) is 0 Å². The third-order valence-electron chi connectivity index (χ3n) is 1.28. The largest absolute Gasteiger partial charge is 0.435 e. The zero-order valence-corrected chi connectivity index (χ0v) is 6.54. The Kier molecular flexibility index (Phi) is 3.19.